The monoisotopic (exact) mass is 730 g/mol. The average Bonchev–Trinajstić information content (AvgIpc) is 3.63. The molecule has 2 fully saturated rings. The molecule has 8 rings (SSSR count). The quantitative estimate of drug-likeness (QED) is 0.108. The van der Waals surface area contributed by atoms with E-state index >= 15 is 0 Å². The number of H-pyrrole nitrogens is 1. The number of anilines is 2. The van der Waals surface area contributed by atoms with Crippen LogP contribution in [0.1, 0.15) is 60.0 Å². The normalized spacial score (nSPS) is 17.8. The van der Waals surface area contributed by atoms with Gasteiger partial charge in [-0.1, -0.05) is 41.8 Å². The van der Waals surface area contributed by atoms with E-state index in [2.05, 4.69) is 61.0 Å². The number of benzene rings is 3. The number of nitrogens with one attached hydrogen (secondary N) is 3. The fraction of sp³-hybridized carbons (Fsp3) is 0.333. The lowest BCUT2D eigenvalue weighted by molar-refractivity contribution is 0.0980. The highest BCUT2D eigenvalue weighted by Gasteiger charge is 2.41. The van der Waals surface area contributed by atoms with Gasteiger partial charge in [-0.15, -0.1) is 0 Å². The van der Waals surface area contributed by atoms with Gasteiger partial charge in [0.2, 0.25) is 0 Å². The SMILES string of the molecule is CNc1ccc(S(=O)NC(=O)c2ccc(N3CCN(CC4=C(c5ccc(C)cc5)CC5(CCC5)CC4)CC3)cc2Oc2cnc3[nH]ccc3c2)cc1O. The first-order chi connectivity index (χ1) is 25.8. The number of aromatic amines is 1. The lowest BCUT2D eigenvalue weighted by atomic mass is 9.59. The predicted octanol–water partition coefficient (Wildman–Crippen LogP) is 7.79. The van der Waals surface area contributed by atoms with Gasteiger partial charge >= 0.3 is 0 Å². The summed E-state index contributed by atoms with van der Waals surface area (Å²) < 4.78 is 22.1. The first kappa shape index (κ1) is 34.9. The fourth-order valence-electron chi connectivity index (χ4n) is 8.05. The summed E-state index contributed by atoms with van der Waals surface area (Å²) in [4.78, 5) is 26.4. The van der Waals surface area contributed by atoms with Crippen molar-refractivity contribution in [1.29, 1.82) is 0 Å². The molecule has 1 unspecified atom stereocenters. The smallest absolute Gasteiger partial charge is 0.266 e. The Balaban J connectivity index is 1.00. The van der Waals surface area contributed by atoms with E-state index in [-0.39, 0.29) is 16.2 Å². The summed E-state index contributed by atoms with van der Waals surface area (Å²) in [5.74, 6) is 0.203. The van der Waals surface area contributed by atoms with E-state index in [0.29, 0.717) is 22.6 Å². The first-order valence-electron chi connectivity index (χ1n) is 18.5. The van der Waals surface area contributed by atoms with Crippen molar-refractivity contribution in [3.8, 4) is 17.2 Å². The van der Waals surface area contributed by atoms with Crippen LogP contribution >= 0.6 is 0 Å². The third-order valence-electron chi connectivity index (χ3n) is 11.4. The Morgan fingerprint density at radius 2 is 1.81 bits per heavy atom. The Bertz CT molecular complexity index is 2200. The molecule has 10 nitrogen and oxygen atoms in total. The maximum atomic E-state index is 13.6. The summed E-state index contributed by atoms with van der Waals surface area (Å²) in [7, 11) is -0.233. The van der Waals surface area contributed by atoms with Crippen LogP contribution in [0.25, 0.3) is 16.6 Å². The number of aryl methyl sites for hydroxylation is 1. The highest BCUT2D eigenvalue weighted by molar-refractivity contribution is 7.83. The summed E-state index contributed by atoms with van der Waals surface area (Å²) >= 11 is 0. The second kappa shape index (κ2) is 14.7. The summed E-state index contributed by atoms with van der Waals surface area (Å²) in [5.41, 5.74) is 8.82. The molecule has 5 aromatic rings. The van der Waals surface area contributed by atoms with Gasteiger partial charge in [0.15, 0.2) is 11.0 Å². The molecule has 1 saturated heterocycles. The summed E-state index contributed by atoms with van der Waals surface area (Å²) in [6.45, 7) is 6.71. The number of allylic oxidation sites excluding steroid dienone is 1. The number of fused-ring (bicyclic) bond motifs is 1. The largest absolute Gasteiger partial charge is 0.506 e. The van der Waals surface area contributed by atoms with Crippen molar-refractivity contribution in [2.45, 2.75) is 50.3 Å². The summed E-state index contributed by atoms with van der Waals surface area (Å²) in [6, 6.07) is 23.0. The van der Waals surface area contributed by atoms with Gasteiger partial charge in [0, 0.05) is 63.1 Å². The molecule has 2 aliphatic carbocycles. The third-order valence-corrected chi connectivity index (χ3v) is 12.4. The maximum Gasteiger partial charge on any atom is 0.266 e. The average molecular weight is 731 g/mol. The standard InChI is InChI=1S/C42H46N6O4S/c1-28-4-6-29(7-5-28)36-25-42(14-3-15-42)16-12-31(36)27-47-18-20-48(21-19-47)32-8-10-35(39(23-32)52-33-22-30-13-17-44-40(30)45-26-33)41(50)46-53(51)34-9-11-37(43-2)38(49)24-34/h4-11,13,17,22-24,26,43,49H,3,12,14-16,18-21,25,27H2,1-2H3,(H,44,45)(H,46,50). The molecule has 0 bridgehead atoms. The number of phenols is 1. The van der Waals surface area contributed by atoms with Crippen molar-refractivity contribution in [2.24, 2.45) is 5.41 Å². The molecule has 11 heteroatoms. The van der Waals surface area contributed by atoms with Crippen LogP contribution in [0.2, 0.25) is 0 Å². The van der Waals surface area contributed by atoms with Gasteiger partial charge in [-0.2, -0.15) is 0 Å². The number of hydrogen-bond donors (Lipinski definition) is 4. The molecule has 2 aromatic heterocycles. The van der Waals surface area contributed by atoms with Crippen LogP contribution in [-0.2, 0) is 11.0 Å². The van der Waals surface area contributed by atoms with Gasteiger partial charge in [0.25, 0.3) is 5.91 Å². The zero-order chi connectivity index (χ0) is 36.5. The predicted molar refractivity (Wildman–Crippen MR) is 211 cm³/mol. The molecular formula is C42H46N6O4S. The van der Waals surface area contributed by atoms with Crippen LogP contribution in [0, 0.1) is 12.3 Å². The number of pyridine rings is 1. The third kappa shape index (κ3) is 7.41. The molecule has 1 amide bonds. The molecule has 1 saturated carbocycles. The number of amides is 1. The zero-order valence-electron chi connectivity index (χ0n) is 30.3. The number of carbonyl (C=O) groups excluding carboxylic acids is 1. The minimum Gasteiger partial charge on any atom is -0.506 e. The van der Waals surface area contributed by atoms with Crippen LogP contribution in [0.5, 0.6) is 17.2 Å². The Hall–Kier alpha value is -5.13. The molecule has 274 valence electrons. The van der Waals surface area contributed by atoms with Crippen molar-refractivity contribution < 1.29 is 18.8 Å². The molecule has 1 aliphatic heterocycles. The number of rotatable bonds is 10. The van der Waals surface area contributed by atoms with Crippen molar-refractivity contribution in [3.63, 3.8) is 0 Å². The topological polar surface area (TPSA) is 123 Å². The number of phenolic OH excluding ortho intramolecular Hbond substituents is 1. The Morgan fingerprint density at radius 1 is 1.00 bits per heavy atom. The van der Waals surface area contributed by atoms with E-state index in [0.717, 1.165) is 49.4 Å². The lowest BCUT2D eigenvalue weighted by Crippen LogP contribution is -2.47. The number of nitrogens with zero attached hydrogens (tertiary/aromatic N) is 3. The van der Waals surface area contributed by atoms with Gasteiger partial charge in [-0.05, 0) is 98.0 Å². The van der Waals surface area contributed by atoms with E-state index in [4.69, 9.17) is 4.74 Å². The molecule has 4 N–H and O–H groups in total. The number of hydrogen-bond acceptors (Lipinski definition) is 8. The van der Waals surface area contributed by atoms with Crippen molar-refractivity contribution in [3.05, 3.63) is 107 Å². The molecule has 1 spiro atoms. The van der Waals surface area contributed by atoms with Crippen molar-refractivity contribution in [1.82, 2.24) is 19.6 Å². The highest BCUT2D eigenvalue weighted by atomic mass is 32.2. The number of piperazine rings is 1. The summed E-state index contributed by atoms with van der Waals surface area (Å²) in [6.07, 6.45) is 11.2. The Morgan fingerprint density at radius 3 is 2.55 bits per heavy atom. The maximum absolute atomic E-state index is 13.6. The number of aromatic nitrogens is 2. The van der Waals surface area contributed by atoms with Crippen molar-refractivity contribution >= 4 is 44.9 Å². The van der Waals surface area contributed by atoms with Gasteiger partial charge in [0.1, 0.15) is 22.9 Å². The number of ether oxygens (including phenoxy) is 1. The van der Waals surface area contributed by atoms with Crippen LogP contribution < -0.4 is 19.7 Å². The Kier molecular flexibility index (Phi) is 9.70. The van der Waals surface area contributed by atoms with Gasteiger partial charge in [-0.25, -0.2) is 9.19 Å². The molecular weight excluding hydrogens is 685 g/mol. The minimum absolute atomic E-state index is 0.0575. The van der Waals surface area contributed by atoms with E-state index in [1.54, 1.807) is 42.6 Å². The first-order valence-corrected chi connectivity index (χ1v) is 19.6. The zero-order valence-corrected chi connectivity index (χ0v) is 31.1. The molecule has 3 aromatic carbocycles. The van der Waals surface area contributed by atoms with E-state index < -0.39 is 16.9 Å². The fourth-order valence-corrected chi connectivity index (χ4v) is 8.85. The molecule has 53 heavy (non-hydrogen) atoms. The van der Waals surface area contributed by atoms with Gasteiger partial charge < -0.3 is 25.0 Å². The molecule has 1 atom stereocenters. The molecule has 0 radical (unpaired) electrons. The number of aromatic hydroxyl groups is 1. The van der Waals surface area contributed by atoms with Gasteiger partial charge in [0.05, 0.1) is 22.3 Å². The van der Waals surface area contributed by atoms with Crippen LogP contribution in [0.3, 0.4) is 0 Å². The Labute approximate surface area is 312 Å². The highest BCUT2D eigenvalue weighted by Crippen LogP contribution is 2.55. The van der Waals surface area contributed by atoms with Crippen LogP contribution in [0.4, 0.5) is 11.4 Å². The van der Waals surface area contributed by atoms with Gasteiger partial charge in [-0.3, -0.25) is 14.4 Å². The van der Waals surface area contributed by atoms with Crippen molar-refractivity contribution in [2.75, 3.05) is 50.0 Å². The van der Waals surface area contributed by atoms with E-state index in [9.17, 15) is 14.1 Å². The molecule has 3 heterocycles. The minimum atomic E-state index is -1.92. The summed E-state index contributed by atoms with van der Waals surface area (Å²) in [5, 5.41) is 14.0. The van der Waals surface area contributed by atoms with E-state index in [1.807, 2.05) is 30.5 Å². The second-order valence-corrected chi connectivity index (χ2v) is 16.0. The van der Waals surface area contributed by atoms with Crippen LogP contribution in [0.15, 0.2) is 95.7 Å². The van der Waals surface area contributed by atoms with E-state index in [1.165, 1.54) is 55.7 Å². The lowest BCUT2D eigenvalue weighted by Gasteiger charge is -2.47. The molecule has 3 aliphatic rings. The number of carbonyl (C=O) groups is 1. The van der Waals surface area contributed by atoms with Crippen LogP contribution in [-0.4, -0.2) is 69.9 Å². The second-order valence-electron chi connectivity index (χ2n) is 14.7.